The molecule has 0 radical (unpaired) electrons. The van der Waals surface area contributed by atoms with Crippen LogP contribution in [0.15, 0.2) is 35.3 Å². The number of H-pyrrole nitrogens is 1. The molecule has 0 fully saturated rings. The number of alkyl halides is 1. The van der Waals surface area contributed by atoms with Crippen molar-refractivity contribution >= 4 is 28.7 Å². The topological polar surface area (TPSA) is 166 Å². The summed E-state index contributed by atoms with van der Waals surface area (Å²) in [5.41, 5.74) is 6.94. The Kier molecular flexibility index (Phi) is 15.3. The zero-order valence-electron chi connectivity index (χ0n) is 25.9. The van der Waals surface area contributed by atoms with E-state index in [1.807, 2.05) is 0 Å². The molecule has 3 aromatic heterocycles. The van der Waals surface area contributed by atoms with Crippen molar-refractivity contribution in [3.8, 4) is 11.5 Å². The fourth-order valence-corrected chi connectivity index (χ4v) is 4.64. The highest BCUT2D eigenvalue weighted by Crippen LogP contribution is 2.22. The van der Waals surface area contributed by atoms with Crippen LogP contribution in [0.25, 0.3) is 22.7 Å². The van der Waals surface area contributed by atoms with Gasteiger partial charge in [-0.25, -0.2) is 14.1 Å². The summed E-state index contributed by atoms with van der Waals surface area (Å²) in [6.07, 6.45) is 6.13. The molecular weight excluding hydrogens is 623 g/mol. The van der Waals surface area contributed by atoms with E-state index in [0.29, 0.717) is 83.2 Å². The van der Waals surface area contributed by atoms with Gasteiger partial charge in [-0.1, -0.05) is 30.2 Å². The van der Waals surface area contributed by atoms with E-state index in [1.165, 1.54) is 12.1 Å². The van der Waals surface area contributed by atoms with E-state index in [4.69, 9.17) is 41.0 Å². The van der Waals surface area contributed by atoms with Gasteiger partial charge in [0, 0.05) is 12.5 Å². The van der Waals surface area contributed by atoms with E-state index >= 15 is 0 Å². The largest absolute Gasteiger partial charge is 0.379 e. The molecule has 46 heavy (non-hydrogen) atoms. The van der Waals surface area contributed by atoms with Crippen LogP contribution >= 0.6 is 11.6 Å². The number of rotatable bonds is 24. The first-order valence-corrected chi connectivity index (χ1v) is 15.9. The van der Waals surface area contributed by atoms with E-state index < -0.39 is 5.56 Å². The van der Waals surface area contributed by atoms with Gasteiger partial charge in [0.05, 0.1) is 78.7 Å². The molecule has 0 spiro atoms. The summed E-state index contributed by atoms with van der Waals surface area (Å²) >= 11 is 5.66. The van der Waals surface area contributed by atoms with Crippen molar-refractivity contribution in [2.24, 2.45) is 0 Å². The number of aromatic amines is 1. The fraction of sp³-hybridized carbons (Fsp3) is 0.567. The Morgan fingerprint density at radius 1 is 0.804 bits per heavy atom. The number of unbranched alkanes of at least 4 members (excludes halogenated alkanes) is 3. The maximum Gasteiger partial charge on any atom is 0.280 e. The molecule has 0 bridgehead atoms. The minimum absolute atomic E-state index is 0.0378. The summed E-state index contributed by atoms with van der Waals surface area (Å²) in [7, 11) is 0. The lowest BCUT2D eigenvalue weighted by atomic mass is 10.2. The first-order valence-electron chi connectivity index (χ1n) is 15.4. The molecule has 0 unspecified atom stereocenters. The van der Waals surface area contributed by atoms with Crippen LogP contribution in [0.2, 0.25) is 0 Å². The summed E-state index contributed by atoms with van der Waals surface area (Å²) in [6, 6.07) is 6.02. The Labute approximate surface area is 271 Å². The van der Waals surface area contributed by atoms with Gasteiger partial charge in [-0.05, 0) is 30.5 Å². The van der Waals surface area contributed by atoms with Crippen molar-refractivity contribution in [3.05, 3.63) is 52.2 Å². The van der Waals surface area contributed by atoms with Gasteiger partial charge in [-0.3, -0.25) is 9.78 Å². The van der Waals surface area contributed by atoms with Crippen molar-refractivity contribution in [2.75, 3.05) is 77.7 Å². The number of halogens is 2. The second-order valence-corrected chi connectivity index (χ2v) is 10.7. The molecule has 252 valence electrons. The standard InChI is InChI=1S/C30H42ClFN8O6/c31-9-3-1-2-4-11-42-13-15-44-17-19-46-20-18-45-16-14-43-12-10-39-22-25(37-38-39)27-34-26-28(35-30(33)36-29(26)41)40(27)21-23-5-7-24(32)8-6-23/h5-8,22H,1-4,9-21H2,(H3,33,35,36,41). The van der Waals surface area contributed by atoms with E-state index in [9.17, 15) is 9.18 Å². The van der Waals surface area contributed by atoms with Gasteiger partial charge < -0.3 is 34.0 Å². The predicted octanol–water partition coefficient (Wildman–Crippen LogP) is 3.03. The summed E-state index contributed by atoms with van der Waals surface area (Å²) in [5, 5.41) is 8.41. The lowest BCUT2D eigenvalue weighted by Gasteiger charge is -2.08. The van der Waals surface area contributed by atoms with E-state index in [-0.39, 0.29) is 23.8 Å². The zero-order chi connectivity index (χ0) is 32.4. The van der Waals surface area contributed by atoms with Crippen molar-refractivity contribution in [1.29, 1.82) is 0 Å². The van der Waals surface area contributed by atoms with E-state index in [1.54, 1.807) is 27.6 Å². The second-order valence-electron chi connectivity index (χ2n) is 10.3. The number of hydrogen-bond donors (Lipinski definition) is 2. The van der Waals surface area contributed by atoms with Crippen LogP contribution in [0.3, 0.4) is 0 Å². The Balaban J connectivity index is 1.09. The maximum absolute atomic E-state index is 13.5. The number of nitrogens with zero attached hydrogens (tertiary/aromatic N) is 6. The number of nitrogen functional groups attached to an aromatic ring is 1. The number of fused-ring (bicyclic) bond motifs is 1. The molecule has 0 saturated carbocycles. The zero-order valence-corrected chi connectivity index (χ0v) is 26.6. The normalized spacial score (nSPS) is 11.6. The number of nitrogens with two attached hydrogens (primary N) is 1. The number of hydrogen-bond acceptors (Lipinski definition) is 11. The molecule has 14 nitrogen and oxygen atoms in total. The number of anilines is 1. The van der Waals surface area contributed by atoms with Crippen LogP contribution in [-0.4, -0.2) is 106 Å². The minimum Gasteiger partial charge on any atom is -0.379 e. The maximum atomic E-state index is 13.5. The second kappa shape index (κ2) is 19.9. The lowest BCUT2D eigenvalue weighted by molar-refractivity contribution is -0.0118. The predicted molar refractivity (Wildman–Crippen MR) is 170 cm³/mol. The number of nitrogens with one attached hydrogen (secondary N) is 1. The number of ether oxygens (including phenoxy) is 5. The Morgan fingerprint density at radius 3 is 2.07 bits per heavy atom. The molecule has 0 aliphatic heterocycles. The molecule has 16 heteroatoms. The van der Waals surface area contributed by atoms with Gasteiger partial charge in [0.25, 0.3) is 5.56 Å². The molecular formula is C30H42ClFN8O6. The van der Waals surface area contributed by atoms with Crippen LogP contribution in [0, 0.1) is 5.82 Å². The van der Waals surface area contributed by atoms with Crippen LogP contribution in [0.4, 0.5) is 10.3 Å². The minimum atomic E-state index is -0.470. The summed E-state index contributed by atoms with van der Waals surface area (Å²) in [5.74, 6) is 0.723. The quantitative estimate of drug-likeness (QED) is 0.0835. The highest BCUT2D eigenvalue weighted by atomic mass is 35.5. The third-order valence-electron chi connectivity index (χ3n) is 6.77. The first kappa shape index (κ1) is 35.4. The average molecular weight is 665 g/mol. The molecule has 3 heterocycles. The molecule has 1 aromatic carbocycles. The third kappa shape index (κ3) is 11.7. The SMILES string of the molecule is Nc1nc2c(nc(-c3cn(CCOCCOCCOCCOCCOCCCCCCCl)nn3)n2Cc2ccc(F)cc2)c(=O)[nH]1. The van der Waals surface area contributed by atoms with Gasteiger partial charge in [0.2, 0.25) is 5.95 Å². The molecule has 0 aliphatic rings. The molecule has 4 aromatic rings. The highest BCUT2D eigenvalue weighted by Gasteiger charge is 2.20. The van der Waals surface area contributed by atoms with Gasteiger partial charge >= 0.3 is 0 Å². The monoisotopic (exact) mass is 664 g/mol. The van der Waals surface area contributed by atoms with Gasteiger partial charge in [-0.2, -0.15) is 4.98 Å². The summed E-state index contributed by atoms with van der Waals surface area (Å²) in [6.45, 7) is 5.82. The number of benzene rings is 1. The van der Waals surface area contributed by atoms with Crippen LogP contribution < -0.4 is 11.3 Å². The molecule has 0 saturated heterocycles. The molecule has 0 aliphatic carbocycles. The molecule has 3 N–H and O–H groups in total. The van der Waals surface area contributed by atoms with E-state index in [0.717, 1.165) is 43.7 Å². The Hall–Kier alpha value is -3.47. The van der Waals surface area contributed by atoms with Crippen molar-refractivity contribution in [2.45, 2.75) is 38.8 Å². The summed E-state index contributed by atoms with van der Waals surface area (Å²) in [4.78, 5) is 23.7. The number of imidazole rings is 1. The smallest absolute Gasteiger partial charge is 0.280 e. The van der Waals surface area contributed by atoms with Crippen LogP contribution in [0.1, 0.15) is 31.2 Å². The van der Waals surface area contributed by atoms with Crippen LogP contribution in [-0.2, 0) is 36.8 Å². The average Bonchev–Trinajstić information content (AvgIpc) is 3.66. The highest BCUT2D eigenvalue weighted by molar-refractivity contribution is 6.17. The Bertz CT molecular complexity index is 1500. The fourth-order valence-electron chi connectivity index (χ4n) is 4.45. The van der Waals surface area contributed by atoms with Crippen molar-refractivity contribution < 1.29 is 28.1 Å². The number of aromatic nitrogens is 7. The molecule has 4 rings (SSSR count). The molecule has 0 amide bonds. The van der Waals surface area contributed by atoms with Crippen LogP contribution in [0.5, 0.6) is 0 Å². The lowest BCUT2D eigenvalue weighted by Crippen LogP contribution is -2.14. The van der Waals surface area contributed by atoms with Gasteiger partial charge in [0.15, 0.2) is 17.0 Å². The first-order chi connectivity index (χ1) is 22.5. The van der Waals surface area contributed by atoms with Gasteiger partial charge in [-0.15, -0.1) is 16.7 Å². The van der Waals surface area contributed by atoms with Gasteiger partial charge in [0.1, 0.15) is 11.5 Å². The third-order valence-corrected chi connectivity index (χ3v) is 7.04. The van der Waals surface area contributed by atoms with Crippen molar-refractivity contribution in [1.82, 2.24) is 34.5 Å². The van der Waals surface area contributed by atoms with Crippen molar-refractivity contribution in [3.63, 3.8) is 0 Å². The summed E-state index contributed by atoms with van der Waals surface area (Å²) < 4.78 is 44.5. The molecule has 0 atom stereocenters. The Morgan fingerprint density at radius 2 is 1.41 bits per heavy atom. The van der Waals surface area contributed by atoms with E-state index in [2.05, 4.69) is 25.3 Å².